The fraction of sp³-hybridized carbons (Fsp3) is 0.267. The van der Waals surface area contributed by atoms with Crippen LogP contribution in [-0.4, -0.2) is 4.98 Å². The molecule has 2 aromatic rings. The van der Waals surface area contributed by atoms with E-state index < -0.39 is 17.2 Å². The monoisotopic (exact) mass is 296 g/mol. The number of hydrogen-bond acceptors (Lipinski definition) is 2. The summed E-state index contributed by atoms with van der Waals surface area (Å²) in [4.78, 5) is 4.03. The van der Waals surface area contributed by atoms with E-state index in [1.165, 1.54) is 12.1 Å². The van der Waals surface area contributed by atoms with E-state index in [0.29, 0.717) is 24.1 Å². The molecule has 2 N–H and O–H groups in total. The van der Waals surface area contributed by atoms with Crippen molar-refractivity contribution in [2.45, 2.75) is 25.3 Å². The Morgan fingerprint density at radius 2 is 2.00 bits per heavy atom. The number of halogens is 3. The van der Waals surface area contributed by atoms with E-state index in [-0.39, 0.29) is 5.02 Å². The Hall–Kier alpha value is -1.52. The van der Waals surface area contributed by atoms with Gasteiger partial charge in [0.1, 0.15) is 11.6 Å². The second-order valence-electron chi connectivity index (χ2n) is 4.76. The Kier molecular flexibility index (Phi) is 4.35. The minimum Gasteiger partial charge on any atom is -0.320 e. The molecule has 0 saturated heterocycles. The summed E-state index contributed by atoms with van der Waals surface area (Å²) < 4.78 is 26.4. The summed E-state index contributed by atoms with van der Waals surface area (Å²) in [5.41, 5.74) is 6.71. The van der Waals surface area contributed by atoms with Gasteiger partial charge in [0.05, 0.1) is 22.5 Å². The van der Waals surface area contributed by atoms with Crippen molar-refractivity contribution in [2.24, 2.45) is 5.73 Å². The number of pyridine rings is 1. The first-order valence-corrected chi connectivity index (χ1v) is 6.68. The maximum absolute atomic E-state index is 13.5. The first-order valence-electron chi connectivity index (χ1n) is 6.30. The highest BCUT2D eigenvalue weighted by molar-refractivity contribution is 6.31. The largest absolute Gasteiger partial charge is 0.320 e. The molecule has 0 aliphatic heterocycles. The first kappa shape index (κ1) is 14.9. The van der Waals surface area contributed by atoms with Crippen LogP contribution >= 0.6 is 11.6 Å². The van der Waals surface area contributed by atoms with Crippen LogP contribution in [0.5, 0.6) is 0 Å². The van der Waals surface area contributed by atoms with Crippen molar-refractivity contribution < 1.29 is 8.78 Å². The predicted molar refractivity (Wildman–Crippen MR) is 75.5 cm³/mol. The van der Waals surface area contributed by atoms with Crippen LogP contribution in [0.2, 0.25) is 5.02 Å². The number of benzene rings is 1. The van der Waals surface area contributed by atoms with Crippen molar-refractivity contribution >= 4 is 11.6 Å². The van der Waals surface area contributed by atoms with Gasteiger partial charge in [-0.05, 0) is 36.6 Å². The maximum atomic E-state index is 13.5. The van der Waals surface area contributed by atoms with E-state index in [4.69, 9.17) is 17.3 Å². The summed E-state index contributed by atoms with van der Waals surface area (Å²) in [6.45, 7) is 1.90. The highest BCUT2D eigenvalue weighted by Gasteiger charge is 2.28. The molecule has 1 atom stereocenters. The van der Waals surface area contributed by atoms with E-state index in [2.05, 4.69) is 4.98 Å². The van der Waals surface area contributed by atoms with Gasteiger partial charge in [-0.2, -0.15) is 0 Å². The highest BCUT2D eigenvalue weighted by atomic mass is 35.5. The Bertz CT molecular complexity index is 601. The minimum atomic E-state index is -0.814. The second kappa shape index (κ2) is 5.85. The van der Waals surface area contributed by atoms with Crippen molar-refractivity contribution in [1.82, 2.24) is 4.98 Å². The van der Waals surface area contributed by atoms with Gasteiger partial charge in [-0.25, -0.2) is 8.78 Å². The molecule has 0 radical (unpaired) electrons. The molecule has 0 fully saturated rings. The Morgan fingerprint density at radius 3 is 2.60 bits per heavy atom. The van der Waals surface area contributed by atoms with Gasteiger partial charge in [0.25, 0.3) is 0 Å². The van der Waals surface area contributed by atoms with Crippen LogP contribution in [0, 0.1) is 11.6 Å². The number of hydrogen-bond donors (Lipinski definition) is 1. The summed E-state index contributed by atoms with van der Waals surface area (Å²) in [6, 6.07) is 7.47. The van der Waals surface area contributed by atoms with E-state index in [1.807, 2.05) is 6.92 Å². The summed E-state index contributed by atoms with van der Waals surface area (Å²) in [5, 5.41) is 0.0675. The second-order valence-corrected chi connectivity index (χ2v) is 5.14. The average Bonchev–Trinajstić information content (AvgIpc) is 2.44. The number of rotatable bonds is 4. The first-order chi connectivity index (χ1) is 9.46. The zero-order chi connectivity index (χ0) is 14.8. The Labute approximate surface area is 121 Å². The molecule has 0 aliphatic rings. The summed E-state index contributed by atoms with van der Waals surface area (Å²) in [7, 11) is 0. The highest BCUT2D eigenvalue weighted by Crippen LogP contribution is 2.29. The molecule has 2 nitrogen and oxygen atoms in total. The van der Waals surface area contributed by atoms with Crippen LogP contribution in [-0.2, 0) is 12.0 Å². The molecule has 0 aliphatic carbocycles. The molecular weight excluding hydrogens is 282 g/mol. The Balaban J connectivity index is 2.36. The van der Waals surface area contributed by atoms with Crippen molar-refractivity contribution in [3.05, 3.63) is 64.4 Å². The average molecular weight is 297 g/mol. The zero-order valence-corrected chi connectivity index (χ0v) is 11.8. The molecule has 2 rings (SSSR count). The van der Waals surface area contributed by atoms with Crippen molar-refractivity contribution in [3.8, 4) is 0 Å². The molecule has 1 aromatic heterocycles. The van der Waals surface area contributed by atoms with Gasteiger partial charge in [0.2, 0.25) is 0 Å². The Morgan fingerprint density at radius 1 is 1.25 bits per heavy atom. The van der Waals surface area contributed by atoms with E-state index >= 15 is 0 Å². The lowest BCUT2D eigenvalue weighted by molar-refractivity contribution is 0.410. The quantitative estimate of drug-likeness (QED) is 0.931. The molecule has 0 spiro atoms. The summed E-state index contributed by atoms with van der Waals surface area (Å²) in [5.74, 6) is -0.898. The van der Waals surface area contributed by atoms with Crippen molar-refractivity contribution in [1.29, 1.82) is 0 Å². The fourth-order valence-corrected chi connectivity index (χ4v) is 2.28. The number of nitrogens with two attached hydrogens (primary N) is 1. The SMILES string of the molecule is CCC(N)(Cc1cccc(F)c1Cl)c1ccc(F)cn1. The number of aromatic nitrogens is 1. The topological polar surface area (TPSA) is 38.9 Å². The van der Waals surface area contributed by atoms with Gasteiger partial charge >= 0.3 is 0 Å². The van der Waals surface area contributed by atoms with Crippen LogP contribution in [0.3, 0.4) is 0 Å². The molecular formula is C15H15ClF2N2. The van der Waals surface area contributed by atoms with Crippen LogP contribution in [0.25, 0.3) is 0 Å². The molecule has 0 amide bonds. The van der Waals surface area contributed by atoms with E-state index in [0.717, 1.165) is 6.20 Å². The molecule has 0 bridgehead atoms. The predicted octanol–water partition coefficient (Wildman–Crippen LogP) is 3.82. The standard InChI is InChI=1S/C15H15ClF2N2/c1-2-15(19,13-7-6-11(17)9-20-13)8-10-4-3-5-12(18)14(10)16/h3-7,9H,2,8,19H2,1H3. The van der Waals surface area contributed by atoms with Gasteiger partial charge in [-0.3, -0.25) is 4.98 Å². The summed E-state index contributed by atoms with van der Waals surface area (Å²) in [6.07, 6.45) is 2.02. The van der Waals surface area contributed by atoms with Crippen molar-refractivity contribution in [3.63, 3.8) is 0 Å². The van der Waals surface area contributed by atoms with Gasteiger partial charge in [-0.15, -0.1) is 0 Å². The van der Waals surface area contributed by atoms with Gasteiger partial charge in [0.15, 0.2) is 0 Å². The normalized spacial score (nSPS) is 14.1. The molecule has 106 valence electrons. The maximum Gasteiger partial charge on any atom is 0.142 e. The van der Waals surface area contributed by atoms with Crippen LogP contribution in [0.15, 0.2) is 36.5 Å². The van der Waals surface area contributed by atoms with Crippen LogP contribution in [0.4, 0.5) is 8.78 Å². The van der Waals surface area contributed by atoms with Crippen LogP contribution in [0.1, 0.15) is 24.6 Å². The lowest BCUT2D eigenvalue weighted by Crippen LogP contribution is -2.39. The zero-order valence-electron chi connectivity index (χ0n) is 11.0. The van der Waals surface area contributed by atoms with Crippen LogP contribution < -0.4 is 5.73 Å². The molecule has 5 heteroatoms. The summed E-state index contributed by atoms with van der Waals surface area (Å²) >= 11 is 5.96. The third kappa shape index (κ3) is 2.97. The van der Waals surface area contributed by atoms with Gasteiger partial charge in [-0.1, -0.05) is 30.7 Å². The third-order valence-electron chi connectivity index (χ3n) is 3.41. The molecule has 1 heterocycles. The van der Waals surface area contributed by atoms with E-state index in [1.54, 1.807) is 18.2 Å². The molecule has 20 heavy (non-hydrogen) atoms. The third-order valence-corrected chi connectivity index (χ3v) is 3.83. The van der Waals surface area contributed by atoms with Crippen molar-refractivity contribution in [2.75, 3.05) is 0 Å². The molecule has 1 aromatic carbocycles. The fourth-order valence-electron chi connectivity index (χ4n) is 2.09. The van der Waals surface area contributed by atoms with E-state index in [9.17, 15) is 8.78 Å². The number of nitrogens with zero attached hydrogens (tertiary/aromatic N) is 1. The smallest absolute Gasteiger partial charge is 0.142 e. The van der Waals surface area contributed by atoms with Gasteiger partial charge < -0.3 is 5.73 Å². The molecule has 1 unspecified atom stereocenters. The lowest BCUT2D eigenvalue weighted by atomic mass is 9.85. The van der Waals surface area contributed by atoms with Gasteiger partial charge in [0, 0.05) is 0 Å². The molecule has 0 saturated carbocycles. The minimum absolute atomic E-state index is 0.0675. The lowest BCUT2D eigenvalue weighted by Gasteiger charge is -2.28.